The molecule has 4 rings (SSSR count). The minimum atomic E-state index is -3.69. The number of hydrogen-bond donors (Lipinski definition) is 2. The Labute approximate surface area is 160 Å². The Balaban J connectivity index is 1.77. The Morgan fingerprint density at radius 2 is 2.00 bits per heavy atom. The molecule has 0 saturated carbocycles. The minimum absolute atomic E-state index is 0.0131. The van der Waals surface area contributed by atoms with Gasteiger partial charge in [0.25, 0.3) is 0 Å². The highest BCUT2D eigenvalue weighted by atomic mass is 32.2. The van der Waals surface area contributed by atoms with Gasteiger partial charge in [0, 0.05) is 35.8 Å². The lowest BCUT2D eigenvalue weighted by Crippen LogP contribution is -2.06. The zero-order valence-corrected chi connectivity index (χ0v) is 15.9. The number of rotatable bonds is 4. The molecular weight excluding hydrogens is 381 g/mol. The van der Waals surface area contributed by atoms with E-state index in [-0.39, 0.29) is 16.5 Å². The van der Waals surface area contributed by atoms with Crippen LogP contribution in [0.3, 0.4) is 0 Å². The molecule has 0 saturated heterocycles. The predicted molar refractivity (Wildman–Crippen MR) is 105 cm³/mol. The second-order valence-corrected chi connectivity index (χ2v) is 8.35. The van der Waals surface area contributed by atoms with Crippen molar-refractivity contribution in [2.24, 2.45) is 0 Å². The van der Waals surface area contributed by atoms with Crippen molar-refractivity contribution in [3.05, 3.63) is 60.4 Å². The van der Waals surface area contributed by atoms with Crippen LogP contribution in [0.1, 0.15) is 5.56 Å². The van der Waals surface area contributed by atoms with E-state index < -0.39 is 15.7 Å². The number of halogens is 1. The van der Waals surface area contributed by atoms with Gasteiger partial charge in [0.2, 0.25) is 5.95 Å². The molecule has 0 unspecified atom stereocenters. The van der Waals surface area contributed by atoms with Gasteiger partial charge in [0.15, 0.2) is 15.7 Å². The van der Waals surface area contributed by atoms with E-state index in [2.05, 4.69) is 25.3 Å². The van der Waals surface area contributed by atoms with Gasteiger partial charge < -0.3 is 10.3 Å². The van der Waals surface area contributed by atoms with E-state index in [4.69, 9.17) is 0 Å². The molecule has 0 fully saturated rings. The third-order valence-corrected chi connectivity index (χ3v) is 5.43. The molecule has 0 aliphatic carbocycles. The molecule has 3 aromatic heterocycles. The summed E-state index contributed by atoms with van der Waals surface area (Å²) in [7, 11) is -3.69. The van der Waals surface area contributed by atoms with Crippen LogP contribution >= 0.6 is 0 Å². The summed E-state index contributed by atoms with van der Waals surface area (Å²) in [4.78, 5) is 15.6. The molecule has 4 aromatic rings. The number of aryl methyl sites for hydroxylation is 1. The van der Waals surface area contributed by atoms with Crippen molar-refractivity contribution in [3.63, 3.8) is 0 Å². The fourth-order valence-corrected chi connectivity index (χ4v) is 3.72. The Kier molecular flexibility index (Phi) is 4.31. The Hall–Kier alpha value is -3.33. The topological polar surface area (TPSA) is 101 Å². The first kappa shape index (κ1) is 18.1. The van der Waals surface area contributed by atoms with E-state index >= 15 is 0 Å². The molecule has 0 aliphatic rings. The third kappa shape index (κ3) is 3.20. The first-order valence-electron chi connectivity index (χ1n) is 8.35. The molecule has 7 nitrogen and oxygen atoms in total. The van der Waals surface area contributed by atoms with Crippen LogP contribution < -0.4 is 5.32 Å². The normalized spacial score (nSPS) is 11.7. The summed E-state index contributed by atoms with van der Waals surface area (Å²) < 4.78 is 38.1. The summed E-state index contributed by atoms with van der Waals surface area (Å²) in [5, 5.41) is 3.73. The van der Waals surface area contributed by atoms with Gasteiger partial charge >= 0.3 is 0 Å². The van der Waals surface area contributed by atoms with Crippen molar-refractivity contribution in [2.75, 3.05) is 11.6 Å². The van der Waals surface area contributed by atoms with Gasteiger partial charge in [-0.3, -0.25) is 4.98 Å². The van der Waals surface area contributed by atoms with Gasteiger partial charge in [-0.15, -0.1) is 0 Å². The number of hydrogen-bond acceptors (Lipinski definition) is 6. The number of nitrogens with one attached hydrogen (secondary N) is 2. The summed E-state index contributed by atoms with van der Waals surface area (Å²) in [6.07, 6.45) is 7.84. The number of aromatic nitrogens is 4. The maximum Gasteiger partial charge on any atom is 0.227 e. The Morgan fingerprint density at radius 3 is 2.79 bits per heavy atom. The first-order chi connectivity index (χ1) is 13.3. The fraction of sp³-hybridized carbons (Fsp3) is 0.105. The number of fused-ring (bicyclic) bond motifs is 1. The van der Waals surface area contributed by atoms with Crippen LogP contribution in [0.4, 0.5) is 16.0 Å². The van der Waals surface area contributed by atoms with Crippen LogP contribution in [0.5, 0.6) is 0 Å². The molecule has 142 valence electrons. The van der Waals surface area contributed by atoms with E-state index in [1.807, 2.05) is 19.2 Å². The number of H-pyrrole nitrogens is 1. The third-order valence-electron chi connectivity index (χ3n) is 4.32. The number of sulfone groups is 1. The molecule has 0 radical (unpaired) electrons. The second kappa shape index (κ2) is 6.68. The van der Waals surface area contributed by atoms with Gasteiger partial charge in [-0.05, 0) is 30.7 Å². The van der Waals surface area contributed by atoms with Gasteiger partial charge in [-0.25, -0.2) is 22.8 Å². The summed E-state index contributed by atoms with van der Waals surface area (Å²) in [5.41, 5.74) is 3.24. The van der Waals surface area contributed by atoms with E-state index in [9.17, 15) is 12.8 Å². The summed E-state index contributed by atoms with van der Waals surface area (Å²) in [6.45, 7) is 1.88. The SMILES string of the molecule is Cc1cnc(Nc2cccc(S(C)(=O)=O)c2F)nc1-c1c[nH]c2cnccc12. The highest BCUT2D eigenvalue weighted by molar-refractivity contribution is 7.90. The quantitative estimate of drug-likeness (QED) is 0.546. The maximum atomic E-state index is 14.6. The summed E-state index contributed by atoms with van der Waals surface area (Å²) in [6, 6.07) is 6.00. The number of pyridine rings is 1. The highest BCUT2D eigenvalue weighted by Crippen LogP contribution is 2.30. The average molecular weight is 397 g/mol. The van der Waals surface area contributed by atoms with Gasteiger partial charge in [0.1, 0.15) is 4.90 Å². The molecule has 3 heterocycles. The van der Waals surface area contributed by atoms with Crippen LogP contribution in [0.15, 0.2) is 53.9 Å². The number of benzene rings is 1. The van der Waals surface area contributed by atoms with Crippen molar-refractivity contribution < 1.29 is 12.8 Å². The molecule has 1 aromatic carbocycles. The molecule has 2 N–H and O–H groups in total. The van der Waals surface area contributed by atoms with Crippen molar-refractivity contribution in [2.45, 2.75) is 11.8 Å². The maximum absolute atomic E-state index is 14.6. The molecule has 0 aliphatic heterocycles. The molecule has 28 heavy (non-hydrogen) atoms. The lowest BCUT2D eigenvalue weighted by Gasteiger charge is -2.11. The number of aromatic amines is 1. The average Bonchev–Trinajstić information content (AvgIpc) is 3.08. The monoisotopic (exact) mass is 397 g/mol. The van der Waals surface area contributed by atoms with E-state index in [0.29, 0.717) is 5.69 Å². The van der Waals surface area contributed by atoms with Crippen LogP contribution in [-0.4, -0.2) is 34.6 Å². The van der Waals surface area contributed by atoms with E-state index in [1.165, 1.54) is 18.2 Å². The molecule has 0 amide bonds. The van der Waals surface area contributed by atoms with Crippen LogP contribution in [-0.2, 0) is 9.84 Å². The van der Waals surface area contributed by atoms with Gasteiger partial charge in [-0.1, -0.05) is 6.07 Å². The lowest BCUT2D eigenvalue weighted by molar-refractivity contribution is 0.573. The molecular formula is C19H16FN5O2S. The predicted octanol–water partition coefficient (Wildman–Crippen LogP) is 3.61. The van der Waals surface area contributed by atoms with E-state index in [1.54, 1.807) is 18.6 Å². The zero-order valence-electron chi connectivity index (χ0n) is 15.1. The summed E-state index contributed by atoms with van der Waals surface area (Å²) in [5.74, 6) is -0.706. The fourth-order valence-electron chi connectivity index (χ4n) is 2.96. The van der Waals surface area contributed by atoms with Gasteiger partial charge in [-0.2, -0.15) is 0 Å². The van der Waals surface area contributed by atoms with Crippen molar-refractivity contribution in [1.29, 1.82) is 0 Å². The molecule has 0 bridgehead atoms. The summed E-state index contributed by atoms with van der Waals surface area (Å²) >= 11 is 0. The van der Waals surface area contributed by atoms with Crippen molar-refractivity contribution >= 4 is 32.4 Å². The standard InChI is InChI=1S/C19H16FN5O2S/c1-11-8-23-19(24-14-4-3-5-16(17(14)20)28(2,26)27)25-18(11)13-9-22-15-10-21-7-6-12(13)15/h3-10,22H,1-2H3,(H,23,24,25). The van der Waals surface area contributed by atoms with Crippen molar-refractivity contribution in [1.82, 2.24) is 19.9 Å². The van der Waals surface area contributed by atoms with Crippen LogP contribution in [0, 0.1) is 12.7 Å². The van der Waals surface area contributed by atoms with Gasteiger partial charge in [0.05, 0.1) is 23.1 Å². The number of anilines is 2. The second-order valence-electron chi connectivity index (χ2n) is 6.36. The lowest BCUT2D eigenvalue weighted by atomic mass is 10.1. The Bertz CT molecular complexity index is 1300. The Morgan fingerprint density at radius 1 is 1.18 bits per heavy atom. The first-order valence-corrected chi connectivity index (χ1v) is 10.2. The number of nitrogens with zero attached hydrogens (tertiary/aromatic N) is 3. The molecule has 9 heteroatoms. The van der Waals surface area contributed by atoms with Crippen molar-refractivity contribution in [3.8, 4) is 11.3 Å². The molecule has 0 spiro atoms. The van der Waals surface area contributed by atoms with Crippen LogP contribution in [0.2, 0.25) is 0 Å². The van der Waals surface area contributed by atoms with Crippen LogP contribution in [0.25, 0.3) is 22.2 Å². The smallest absolute Gasteiger partial charge is 0.227 e. The zero-order chi connectivity index (χ0) is 19.9. The molecule has 0 atom stereocenters. The highest BCUT2D eigenvalue weighted by Gasteiger charge is 2.18. The minimum Gasteiger partial charge on any atom is -0.359 e. The van der Waals surface area contributed by atoms with E-state index in [0.717, 1.165) is 28.3 Å². The largest absolute Gasteiger partial charge is 0.359 e.